The molecule has 0 atom stereocenters. The van der Waals surface area contributed by atoms with E-state index in [4.69, 9.17) is 11.5 Å². The molecule has 0 saturated carbocycles. The smallest absolute Gasteiger partial charge is 0.231 e. The first-order valence-electron chi connectivity index (χ1n) is 3.46. The predicted octanol–water partition coefficient (Wildman–Crippen LogP) is -1.20. The quantitative estimate of drug-likeness (QED) is 0.411. The van der Waals surface area contributed by atoms with E-state index in [1.807, 2.05) is 0 Å². The van der Waals surface area contributed by atoms with Gasteiger partial charge in [-0.05, 0) is 25.9 Å². The minimum Gasteiger partial charge on any atom is -0.369 e. The van der Waals surface area contributed by atoms with E-state index in [1.54, 1.807) is 0 Å². The van der Waals surface area contributed by atoms with Crippen LogP contribution < -0.4 is 16.8 Å². The molecule has 0 aliphatic heterocycles. The van der Waals surface area contributed by atoms with Crippen molar-refractivity contribution in [2.45, 2.75) is 12.8 Å². The standard InChI is InChI=1S/C6H15N3O/c7-3-1-2-4-9-5-6(8)10/h9H,1-5,7H2,(H2,8,10). The number of nitrogens with two attached hydrogens (primary N) is 2. The van der Waals surface area contributed by atoms with Gasteiger partial charge < -0.3 is 16.8 Å². The first-order valence-corrected chi connectivity index (χ1v) is 3.46. The second-order valence-corrected chi connectivity index (χ2v) is 2.14. The van der Waals surface area contributed by atoms with Crippen LogP contribution in [0.5, 0.6) is 0 Å². The number of nitrogens with one attached hydrogen (secondary N) is 1. The second kappa shape index (κ2) is 6.51. The molecule has 60 valence electrons. The summed E-state index contributed by atoms with van der Waals surface area (Å²) >= 11 is 0. The van der Waals surface area contributed by atoms with Gasteiger partial charge in [0.2, 0.25) is 5.91 Å². The molecule has 0 aromatic heterocycles. The summed E-state index contributed by atoms with van der Waals surface area (Å²) < 4.78 is 0. The van der Waals surface area contributed by atoms with Crippen molar-refractivity contribution in [3.05, 3.63) is 0 Å². The summed E-state index contributed by atoms with van der Waals surface area (Å²) in [5, 5.41) is 2.89. The van der Waals surface area contributed by atoms with Crippen LogP contribution in [0.3, 0.4) is 0 Å². The van der Waals surface area contributed by atoms with E-state index < -0.39 is 0 Å². The maximum Gasteiger partial charge on any atom is 0.231 e. The Kier molecular flexibility index (Phi) is 6.11. The lowest BCUT2D eigenvalue weighted by Gasteiger charge is -1.99. The third kappa shape index (κ3) is 7.39. The highest BCUT2D eigenvalue weighted by atomic mass is 16.1. The molecule has 0 rings (SSSR count). The van der Waals surface area contributed by atoms with E-state index in [0.29, 0.717) is 6.54 Å². The van der Waals surface area contributed by atoms with Crippen LogP contribution in [0.15, 0.2) is 0 Å². The zero-order chi connectivity index (χ0) is 7.82. The molecule has 0 unspecified atom stereocenters. The van der Waals surface area contributed by atoms with Crippen LogP contribution in [0.25, 0.3) is 0 Å². The van der Waals surface area contributed by atoms with Gasteiger partial charge in [-0.3, -0.25) is 4.79 Å². The number of hydrogen-bond acceptors (Lipinski definition) is 3. The molecule has 1 amide bonds. The second-order valence-electron chi connectivity index (χ2n) is 2.14. The van der Waals surface area contributed by atoms with Crippen LogP contribution in [0.2, 0.25) is 0 Å². The van der Waals surface area contributed by atoms with Gasteiger partial charge in [0, 0.05) is 0 Å². The van der Waals surface area contributed by atoms with Crippen molar-refractivity contribution in [1.82, 2.24) is 5.32 Å². The maximum atomic E-state index is 10.2. The van der Waals surface area contributed by atoms with E-state index >= 15 is 0 Å². The fourth-order valence-corrected chi connectivity index (χ4v) is 0.606. The van der Waals surface area contributed by atoms with E-state index in [0.717, 1.165) is 19.4 Å². The SMILES string of the molecule is NCCCCNCC(N)=O. The molecular formula is C6H15N3O. The molecule has 0 saturated heterocycles. The van der Waals surface area contributed by atoms with Crippen LogP contribution in [0.4, 0.5) is 0 Å². The van der Waals surface area contributed by atoms with Crippen molar-refractivity contribution in [2.75, 3.05) is 19.6 Å². The monoisotopic (exact) mass is 145 g/mol. The third-order valence-electron chi connectivity index (χ3n) is 1.11. The lowest BCUT2D eigenvalue weighted by Crippen LogP contribution is -2.29. The Morgan fingerprint density at radius 1 is 1.40 bits per heavy atom. The summed E-state index contributed by atoms with van der Waals surface area (Å²) in [4.78, 5) is 10.2. The van der Waals surface area contributed by atoms with Crippen molar-refractivity contribution in [3.63, 3.8) is 0 Å². The molecule has 0 radical (unpaired) electrons. The lowest BCUT2D eigenvalue weighted by atomic mass is 10.3. The summed E-state index contributed by atoms with van der Waals surface area (Å²) in [7, 11) is 0. The van der Waals surface area contributed by atoms with Gasteiger partial charge in [0.1, 0.15) is 0 Å². The Morgan fingerprint density at radius 3 is 2.60 bits per heavy atom. The van der Waals surface area contributed by atoms with E-state index in [2.05, 4.69) is 5.32 Å². The number of unbranched alkanes of at least 4 members (excludes halogenated alkanes) is 1. The van der Waals surface area contributed by atoms with Gasteiger partial charge in [0.25, 0.3) is 0 Å². The highest BCUT2D eigenvalue weighted by molar-refractivity contribution is 5.75. The highest BCUT2D eigenvalue weighted by Crippen LogP contribution is 1.80. The molecule has 0 aliphatic carbocycles. The predicted molar refractivity (Wildman–Crippen MR) is 40.4 cm³/mol. The lowest BCUT2D eigenvalue weighted by molar-refractivity contribution is -0.117. The maximum absolute atomic E-state index is 10.2. The topological polar surface area (TPSA) is 81.1 Å². The molecule has 0 heterocycles. The van der Waals surface area contributed by atoms with Crippen molar-refractivity contribution in [2.24, 2.45) is 11.5 Å². The molecule has 10 heavy (non-hydrogen) atoms. The van der Waals surface area contributed by atoms with Gasteiger partial charge in [-0.15, -0.1) is 0 Å². The molecule has 0 fully saturated rings. The van der Waals surface area contributed by atoms with E-state index in [-0.39, 0.29) is 12.5 Å². The van der Waals surface area contributed by atoms with E-state index in [9.17, 15) is 4.79 Å². The first-order chi connectivity index (χ1) is 4.77. The van der Waals surface area contributed by atoms with Crippen molar-refractivity contribution in [3.8, 4) is 0 Å². The van der Waals surface area contributed by atoms with Gasteiger partial charge in [0.15, 0.2) is 0 Å². The van der Waals surface area contributed by atoms with Gasteiger partial charge in [-0.25, -0.2) is 0 Å². The Morgan fingerprint density at radius 2 is 2.10 bits per heavy atom. The molecule has 4 heteroatoms. The molecule has 0 aromatic carbocycles. The van der Waals surface area contributed by atoms with Crippen LogP contribution in [0, 0.1) is 0 Å². The van der Waals surface area contributed by atoms with Crippen molar-refractivity contribution < 1.29 is 4.79 Å². The zero-order valence-corrected chi connectivity index (χ0v) is 6.10. The number of carbonyl (C=O) groups is 1. The van der Waals surface area contributed by atoms with Gasteiger partial charge in [-0.1, -0.05) is 0 Å². The molecule has 0 aromatic rings. The molecule has 0 aliphatic rings. The minimum atomic E-state index is -0.312. The van der Waals surface area contributed by atoms with Crippen LogP contribution >= 0.6 is 0 Å². The average molecular weight is 145 g/mol. The Bertz CT molecular complexity index is 95.0. The summed E-state index contributed by atoms with van der Waals surface area (Å²) in [5.41, 5.74) is 10.1. The van der Waals surface area contributed by atoms with Gasteiger partial charge >= 0.3 is 0 Å². The fraction of sp³-hybridized carbons (Fsp3) is 0.833. The Labute approximate surface area is 61.0 Å². The third-order valence-corrected chi connectivity index (χ3v) is 1.11. The van der Waals surface area contributed by atoms with Gasteiger partial charge in [-0.2, -0.15) is 0 Å². The number of rotatable bonds is 6. The minimum absolute atomic E-state index is 0.268. The Hall–Kier alpha value is -0.610. The fourth-order valence-electron chi connectivity index (χ4n) is 0.606. The van der Waals surface area contributed by atoms with Crippen LogP contribution in [0.1, 0.15) is 12.8 Å². The first kappa shape index (κ1) is 9.39. The molecule has 0 bridgehead atoms. The molecule has 5 N–H and O–H groups in total. The molecule has 0 spiro atoms. The number of primary amides is 1. The number of carbonyl (C=O) groups excluding carboxylic acids is 1. The summed E-state index contributed by atoms with van der Waals surface area (Å²) in [6.45, 7) is 1.79. The molecule has 4 nitrogen and oxygen atoms in total. The molecular weight excluding hydrogens is 130 g/mol. The summed E-state index contributed by atoms with van der Waals surface area (Å²) in [5.74, 6) is -0.312. The number of amides is 1. The van der Waals surface area contributed by atoms with Crippen LogP contribution in [-0.4, -0.2) is 25.5 Å². The largest absolute Gasteiger partial charge is 0.369 e. The highest BCUT2D eigenvalue weighted by Gasteiger charge is 1.90. The summed E-state index contributed by atoms with van der Waals surface area (Å²) in [6, 6.07) is 0. The number of hydrogen-bond donors (Lipinski definition) is 3. The summed E-state index contributed by atoms with van der Waals surface area (Å²) in [6.07, 6.45) is 2.00. The Balaban J connectivity index is 2.84. The normalized spacial score (nSPS) is 9.70. The van der Waals surface area contributed by atoms with Crippen LogP contribution in [-0.2, 0) is 4.79 Å². The van der Waals surface area contributed by atoms with Gasteiger partial charge in [0.05, 0.1) is 6.54 Å². The van der Waals surface area contributed by atoms with Crippen molar-refractivity contribution in [1.29, 1.82) is 0 Å². The van der Waals surface area contributed by atoms with E-state index in [1.165, 1.54) is 0 Å². The average Bonchev–Trinajstić information content (AvgIpc) is 1.87. The zero-order valence-electron chi connectivity index (χ0n) is 6.10. The van der Waals surface area contributed by atoms with Crippen molar-refractivity contribution >= 4 is 5.91 Å².